The molecule has 0 fully saturated rings. The zero-order valence-corrected chi connectivity index (χ0v) is 7.38. The van der Waals surface area contributed by atoms with Gasteiger partial charge in [-0.3, -0.25) is 4.98 Å². The summed E-state index contributed by atoms with van der Waals surface area (Å²) in [5.41, 5.74) is 1.80. The molecule has 0 spiro atoms. The Bertz CT molecular complexity index is 301. The summed E-state index contributed by atoms with van der Waals surface area (Å²) < 4.78 is 0. The standard InChI is InChI=1S/C9H10ClNO/c10-7-4-5-11-9-6(7)2-1-3-8(9)12/h4-5,8,12H,1-3H2/t8-/m1/s1. The van der Waals surface area contributed by atoms with Gasteiger partial charge in [-0.2, -0.15) is 0 Å². The zero-order chi connectivity index (χ0) is 8.55. The quantitative estimate of drug-likeness (QED) is 0.668. The van der Waals surface area contributed by atoms with Crippen molar-refractivity contribution in [2.75, 3.05) is 0 Å². The molecular formula is C9H10ClNO. The molecule has 1 aliphatic carbocycles. The molecule has 0 aromatic carbocycles. The van der Waals surface area contributed by atoms with Gasteiger partial charge in [0.05, 0.1) is 11.8 Å². The van der Waals surface area contributed by atoms with E-state index in [2.05, 4.69) is 4.98 Å². The minimum atomic E-state index is -0.410. The summed E-state index contributed by atoms with van der Waals surface area (Å²) in [5, 5.41) is 10.3. The fourth-order valence-electron chi connectivity index (χ4n) is 1.63. The summed E-state index contributed by atoms with van der Waals surface area (Å²) >= 11 is 5.96. The first-order chi connectivity index (χ1) is 5.79. The van der Waals surface area contributed by atoms with Crippen molar-refractivity contribution in [3.8, 4) is 0 Å². The topological polar surface area (TPSA) is 33.1 Å². The van der Waals surface area contributed by atoms with Gasteiger partial charge in [0.1, 0.15) is 0 Å². The van der Waals surface area contributed by atoms with Crippen molar-refractivity contribution >= 4 is 11.6 Å². The molecule has 2 nitrogen and oxygen atoms in total. The van der Waals surface area contributed by atoms with Crippen molar-refractivity contribution in [2.24, 2.45) is 0 Å². The van der Waals surface area contributed by atoms with E-state index in [1.54, 1.807) is 12.3 Å². The maximum Gasteiger partial charge on any atom is 0.0963 e. The van der Waals surface area contributed by atoms with Crippen molar-refractivity contribution in [1.29, 1.82) is 0 Å². The molecule has 2 rings (SSSR count). The number of aromatic nitrogens is 1. The number of aliphatic hydroxyl groups is 1. The minimum Gasteiger partial charge on any atom is -0.387 e. The van der Waals surface area contributed by atoms with E-state index >= 15 is 0 Å². The monoisotopic (exact) mass is 183 g/mol. The van der Waals surface area contributed by atoms with Crippen LogP contribution in [-0.4, -0.2) is 10.1 Å². The average Bonchev–Trinajstić information content (AvgIpc) is 2.07. The van der Waals surface area contributed by atoms with E-state index < -0.39 is 6.10 Å². The molecule has 0 bridgehead atoms. The summed E-state index contributed by atoms with van der Waals surface area (Å²) in [4.78, 5) is 4.13. The van der Waals surface area contributed by atoms with Crippen molar-refractivity contribution in [2.45, 2.75) is 25.4 Å². The Balaban J connectivity index is 2.52. The number of pyridine rings is 1. The lowest BCUT2D eigenvalue weighted by Crippen LogP contribution is -2.11. The summed E-state index contributed by atoms with van der Waals surface area (Å²) in [6, 6.07) is 1.78. The highest BCUT2D eigenvalue weighted by molar-refractivity contribution is 6.31. The van der Waals surface area contributed by atoms with Gasteiger partial charge < -0.3 is 5.11 Å². The third kappa shape index (κ3) is 1.21. The minimum absolute atomic E-state index is 0.410. The van der Waals surface area contributed by atoms with Crippen LogP contribution in [0.2, 0.25) is 5.02 Å². The molecule has 64 valence electrons. The van der Waals surface area contributed by atoms with Crippen LogP contribution in [0.4, 0.5) is 0 Å². The Kier molecular flexibility index (Phi) is 2.03. The summed E-state index contributed by atoms with van der Waals surface area (Å²) in [6.45, 7) is 0. The molecule has 12 heavy (non-hydrogen) atoms. The lowest BCUT2D eigenvalue weighted by atomic mass is 9.94. The smallest absolute Gasteiger partial charge is 0.0963 e. The molecule has 0 radical (unpaired) electrons. The Morgan fingerprint density at radius 3 is 3.17 bits per heavy atom. The molecule has 0 aliphatic heterocycles. The second-order valence-corrected chi connectivity index (χ2v) is 3.47. The molecule has 3 heteroatoms. The van der Waals surface area contributed by atoms with Crippen LogP contribution in [0.1, 0.15) is 30.2 Å². The normalized spacial score (nSPS) is 22.0. The molecule has 0 saturated carbocycles. The van der Waals surface area contributed by atoms with Crippen molar-refractivity contribution < 1.29 is 5.11 Å². The second kappa shape index (κ2) is 3.04. The lowest BCUT2D eigenvalue weighted by molar-refractivity contribution is 0.151. The van der Waals surface area contributed by atoms with E-state index in [4.69, 9.17) is 11.6 Å². The predicted molar refractivity (Wildman–Crippen MR) is 47.1 cm³/mol. The van der Waals surface area contributed by atoms with Gasteiger partial charge >= 0.3 is 0 Å². The Morgan fingerprint density at radius 2 is 2.42 bits per heavy atom. The van der Waals surface area contributed by atoms with Crippen LogP contribution >= 0.6 is 11.6 Å². The molecule has 1 N–H and O–H groups in total. The van der Waals surface area contributed by atoms with E-state index in [1.807, 2.05) is 0 Å². The van der Waals surface area contributed by atoms with E-state index in [0.717, 1.165) is 35.5 Å². The van der Waals surface area contributed by atoms with Gasteiger partial charge in [-0.15, -0.1) is 0 Å². The third-order valence-corrected chi connectivity index (χ3v) is 2.61. The molecule has 0 saturated heterocycles. The Morgan fingerprint density at radius 1 is 1.58 bits per heavy atom. The van der Waals surface area contributed by atoms with Crippen LogP contribution in [0.25, 0.3) is 0 Å². The van der Waals surface area contributed by atoms with E-state index in [0.29, 0.717) is 0 Å². The highest BCUT2D eigenvalue weighted by atomic mass is 35.5. The summed E-state index contributed by atoms with van der Waals surface area (Å²) in [6.07, 6.45) is 3.99. The number of nitrogens with zero attached hydrogens (tertiary/aromatic N) is 1. The van der Waals surface area contributed by atoms with Crippen molar-refractivity contribution in [1.82, 2.24) is 4.98 Å². The molecular weight excluding hydrogens is 174 g/mol. The van der Waals surface area contributed by atoms with E-state index in [9.17, 15) is 5.11 Å². The summed E-state index contributed by atoms with van der Waals surface area (Å²) in [5.74, 6) is 0. The van der Waals surface area contributed by atoms with Crippen molar-refractivity contribution in [3.05, 3.63) is 28.5 Å². The fraction of sp³-hybridized carbons (Fsp3) is 0.444. The number of hydrogen-bond donors (Lipinski definition) is 1. The highest BCUT2D eigenvalue weighted by Gasteiger charge is 2.20. The third-order valence-electron chi connectivity index (χ3n) is 2.25. The first-order valence-corrected chi connectivity index (χ1v) is 4.48. The highest BCUT2D eigenvalue weighted by Crippen LogP contribution is 2.31. The van der Waals surface area contributed by atoms with Crippen LogP contribution in [0.15, 0.2) is 12.3 Å². The molecule has 1 heterocycles. The number of fused-ring (bicyclic) bond motifs is 1. The van der Waals surface area contributed by atoms with Gasteiger partial charge in [0, 0.05) is 11.2 Å². The van der Waals surface area contributed by atoms with Crippen LogP contribution in [-0.2, 0) is 6.42 Å². The van der Waals surface area contributed by atoms with Gasteiger partial charge in [-0.05, 0) is 30.9 Å². The van der Waals surface area contributed by atoms with Crippen LogP contribution < -0.4 is 0 Å². The van der Waals surface area contributed by atoms with Gasteiger partial charge in [-0.1, -0.05) is 11.6 Å². The van der Waals surface area contributed by atoms with Crippen LogP contribution in [0.5, 0.6) is 0 Å². The molecule has 1 aromatic heterocycles. The predicted octanol–water partition coefficient (Wildman–Crippen LogP) is 2.10. The largest absolute Gasteiger partial charge is 0.387 e. The van der Waals surface area contributed by atoms with E-state index in [1.165, 1.54) is 0 Å². The van der Waals surface area contributed by atoms with Crippen molar-refractivity contribution in [3.63, 3.8) is 0 Å². The van der Waals surface area contributed by atoms with Gasteiger partial charge in [0.2, 0.25) is 0 Å². The Hall–Kier alpha value is -0.600. The lowest BCUT2D eigenvalue weighted by Gasteiger charge is -2.20. The maximum absolute atomic E-state index is 9.56. The average molecular weight is 184 g/mol. The van der Waals surface area contributed by atoms with Gasteiger partial charge in [0.25, 0.3) is 0 Å². The molecule has 1 aromatic rings. The number of aliphatic hydroxyl groups excluding tert-OH is 1. The zero-order valence-electron chi connectivity index (χ0n) is 6.63. The first kappa shape index (κ1) is 8.02. The van der Waals surface area contributed by atoms with Gasteiger partial charge in [0.15, 0.2) is 0 Å². The number of hydrogen-bond acceptors (Lipinski definition) is 2. The maximum atomic E-state index is 9.56. The first-order valence-electron chi connectivity index (χ1n) is 4.10. The Labute approximate surface area is 76.2 Å². The molecule has 1 aliphatic rings. The number of halogens is 1. The van der Waals surface area contributed by atoms with Crippen LogP contribution in [0, 0.1) is 0 Å². The summed E-state index contributed by atoms with van der Waals surface area (Å²) in [7, 11) is 0. The van der Waals surface area contributed by atoms with Gasteiger partial charge in [-0.25, -0.2) is 0 Å². The fourth-order valence-corrected chi connectivity index (χ4v) is 1.88. The molecule has 0 amide bonds. The SMILES string of the molecule is O[C@@H]1CCCc2c(Cl)ccnc21. The van der Waals surface area contributed by atoms with E-state index in [-0.39, 0.29) is 0 Å². The number of rotatable bonds is 0. The molecule has 1 atom stereocenters. The van der Waals surface area contributed by atoms with Crippen LogP contribution in [0.3, 0.4) is 0 Å². The molecule has 0 unspecified atom stereocenters. The second-order valence-electron chi connectivity index (χ2n) is 3.06.